The largest absolute Gasteiger partial charge is 0.0654 e. The first-order valence-corrected chi connectivity index (χ1v) is 16.1. The maximum Gasteiger partial charge on any atom is -0.0181 e. The highest BCUT2D eigenvalue weighted by atomic mass is 14.0. The minimum Gasteiger partial charge on any atom is -0.0654 e. The van der Waals surface area contributed by atoms with Gasteiger partial charge < -0.3 is 0 Å². The van der Waals surface area contributed by atoms with Gasteiger partial charge in [0.25, 0.3) is 0 Å². The normalized spacial score (nSPS) is 10.0. The molecule has 4 rings (SSSR count). The zero-order chi connectivity index (χ0) is 29.8. The fourth-order valence-electron chi connectivity index (χ4n) is 4.25. The van der Waals surface area contributed by atoms with Crippen molar-refractivity contribution in [2.45, 2.75) is 120 Å². The van der Waals surface area contributed by atoms with Crippen molar-refractivity contribution in [2.75, 3.05) is 0 Å². The van der Waals surface area contributed by atoms with E-state index in [4.69, 9.17) is 0 Å². The van der Waals surface area contributed by atoms with Gasteiger partial charge >= 0.3 is 0 Å². The average Bonchev–Trinajstić information content (AvgIpc) is 3.04. The van der Waals surface area contributed by atoms with Crippen LogP contribution in [-0.4, -0.2) is 0 Å². The van der Waals surface area contributed by atoms with E-state index in [0.717, 1.165) is 44.9 Å². The van der Waals surface area contributed by atoms with Gasteiger partial charge in [0.1, 0.15) is 0 Å². The molecule has 0 spiro atoms. The predicted molar refractivity (Wildman–Crippen MR) is 183 cm³/mol. The minimum atomic E-state index is 1.12. The van der Waals surface area contributed by atoms with Crippen molar-refractivity contribution in [1.29, 1.82) is 0 Å². The average molecular weight is 539 g/mol. The third-order valence-corrected chi connectivity index (χ3v) is 7.46. The Morgan fingerprint density at radius 1 is 0.275 bits per heavy atom. The molecule has 0 aromatic heterocycles. The fourth-order valence-corrected chi connectivity index (χ4v) is 4.25. The Morgan fingerprint density at radius 3 is 0.750 bits per heavy atom. The highest BCUT2D eigenvalue weighted by Crippen LogP contribution is 2.18. The molecule has 0 N–H and O–H groups in total. The minimum absolute atomic E-state index is 1.12. The van der Waals surface area contributed by atoms with E-state index in [1.165, 1.54) is 62.6 Å². The summed E-state index contributed by atoms with van der Waals surface area (Å²) in [4.78, 5) is 0. The number of benzene rings is 4. The van der Waals surface area contributed by atoms with Crippen LogP contribution < -0.4 is 0 Å². The third kappa shape index (κ3) is 13.0. The molecule has 0 saturated carbocycles. The molecule has 0 saturated heterocycles. The monoisotopic (exact) mass is 538 g/mol. The Kier molecular flexibility index (Phi) is 18.4. The topological polar surface area (TPSA) is 0 Å². The maximum absolute atomic E-state index is 2.32. The summed E-state index contributed by atoms with van der Waals surface area (Å²) in [5.74, 6) is 0. The van der Waals surface area contributed by atoms with Gasteiger partial charge in [0.05, 0.1) is 0 Å². The standard InChI is InChI=1S/C14H16.C12H18.C10H14.C4H10/c1-3-11-5-7-14-10-12(4-2)6-8-13(14)9-11;1-4-10-7-11(5-2)9-12(6-3)8-10;1-3-9-5-7-10(4-2)8-6-9;1-3-4-2/h5-10H,3-4H2,1-2H3;7-9H,4-6H2,1-3H3;5-8H,3-4H2,1-2H3;3-4H2,1-2H3. The van der Waals surface area contributed by atoms with E-state index in [2.05, 4.69) is 141 Å². The molecule has 0 bridgehead atoms. The summed E-state index contributed by atoms with van der Waals surface area (Å²) in [5.41, 5.74) is 10.1. The van der Waals surface area contributed by atoms with Crippen LogP contribution in [-0.2, 0) is 44.9 Å². The van der Waals surface area contributed by atoms with E-state index in [1.54, 1.807) is 0 Å². The van der Waals surface area contributed by atoms with Gasteiger partial charge in [-0.25, -0.2) is 0 Å². The lowest BCUT2D eigenvalue weighted by Gasteiger charge is -2.05. The van der Waals surface area contributed by atoms with Crippen molar-refractivity contribution < 1.29 is 0 Å². The van der Waals surface area contributed by atoms with E-state index >= 15 is 0 Å². The molecule has 0 nitrogen and oxygen atoms in total. The molecule has 0 unspecified atom stereocenters. The lowest BCUT2D eigenvalue weighted by atomic mass is 10.0. The van der Waals surface area contributed by atoms with Gasteiger partial charge in [-0.3, -0.25) is 0 Å². The molecule has 0 aliphatic heterocycles. The smallest absolute Gasteiger partial charge is 0.0181 e. The third-order valence-electron chi connectivity index (χ3n) is 7.46. The van der Waals surface area contributed by atoms with Crippen LogP contribution >= 0.6 is 0 Å². The molecule has 0 aliphatic carbocycles. The van der Waals surface area contributed by atoms with Gasteiger partial charge in [0.15, 0.2) is 0 Å². The van der Waals surface area contributed by atoms with Crippen molar-refractivity contribution in [1.82, 2.24) is 0 Å². The molecule has 0 fully saturated rings. The first-order valence-electron chi connectivity index (χ1n) is 16.1. The molecule has 0 heteroatoms. The summed E-state index contributed by atoms with van der Waals surface area (Å²) >= 11 is 0. The number of hydrogen-bond donors (Lipinski definition) is 0. The number of fused-ring (bicyclic) bond motifs is 1. The highest BCUT2D eigenvalue weighted by molar-refractivity contribution is 5.83. The summed E-state index contributed by atoms with van der Waals surface area (Å²) in [5, 5.41) is 2.73. The van der Waals surface area contributed by atoms with Gasteiger partial charge in [-0.05, 0) is 94.7 Å². The summed E-state index contributed by atoms with van der Waals surface area (Å²) in [6.45, 7) is 19.8. The number of hydrogen-bond acceptors (Lipinski definition) is 0. The molecule has 0 aliphatic rings. The zero-order valence-electron chi connectivity index (χ0n) is 27.4. The van der Waals surface area contributed by atoms with E-state index in [-0.39, 0.29) is 0 Å². The number of aryl methyl sites for hydroxylation is 7. The quantitative estimate of drug-likeness (QED) is 0.209. The van der Waals surface area contributed by atoms with Crippen molar-refractivity contribution in [2.24, 2.45) is 0 Å². The molecule has 0 amide bonds. The molecule has 218 valence electrons. The second kappa shape index (κ2) is 21.0. The Hall–Kier alpha value is -2.86. The SMILES string of the molecule is CCCC.CCc1cc(CC)cc(CC)c1.CCc1ccc(CC)cc1.CCc1ccc2cc(CC)ccc2c1. The van der Waals surface area contributed by atoms with Crippen LogP contribution in [0.2, 0.25) is 0 Å². The molecular formula is C40H58. The Bertz CT molecular complexity index is 1070. The van der Waals surface area contributed by atoms with Crippen LogP contribution in [0.1, 0.15) is 114 Å². The van der Waals surface area contributed by atoms with Crippen molar-refractivity contribution in [3.05, 3.63) is 118 Å². The van der Waals surface area contributed by atoms with Gasteiger partial charge in [-0.2, -0.15) is 0 Å². The second-order valence-electron chi connectivity index (χ2n) is 10.5. The molecular weight excluding hydrogens is 480 g/mol. The molecule has 40 heavy (non-hydrogen) atoms. The summed E-state index contributed by atoms with van der Waals surface area (Å²) in [7, 11) is 0. The molecule has 0 heterocycles. The zero-order valence-corrected chi connectivity index (χ0v) is 27.4. The number of rotatable bonds is 8. The van der Waals surface area contributed by atoms with Crippen LogP contribution in [0, 0.1) is 0 Å². The summed E-state index contributed by atoms with van der Waals surface area (Å²) in [6.07, 6.45) is 10.6. The van der Waals surface area contributed by atoms with E-state index in [0.29, 0.717) is 0 Å². The van der Waals surface area contributed by atoms with E-state index in [1.807, 2.05) is 0 Å². The lowest BCUT2D eigenvalue weighted by Crippen LogP contribution is -1.90. The van der Waals surface area contributed by atoms with Crippen molar-refractivity contribution >= 4 is 10.8 Å². The van der Waals surface area contributed by atoms with Crippen LogP contribution in [0.15, 0.2) is 78.9 Å². The second-order valence-corrected chi connectivity index (χ2v) is 10.5. The van der Waals surface area contributed by atoms with Gasteiger partial charge in [-0.15, -0.1) is 0 Å². The molecule has 4 aromatic rings. The molecule has 0 radical (unpaired) electrons. The predicted octanol–water partition coefficient (Wildman–Crippen LogP) is 12.0. The Labute approximate surface area is 248 Å². The highest BCUT2D eigenvalue weighted by Gasteiger charge is 1.97. The molecule has 0 atom stereocenters. The van der Waals surface area contributed by atoms with Crippen LogP contribution in [0.4, 0.5) is 0 Å². The lowest BCUT2D eigenvalue weighted by molar-refractivity contribution is 0.886. The van der Waals surface area contributed by atoms with Crippen LogP contribution in [0.5, 0.6) is 0 Å². The van der Waals surface area contributed by atoms with E-state index < -0.39 is 0 Å². The van der Waals surface area contributed by atoms with E-state index in [9.17, 15) is 0 Å². The van der Waals surface area contributed by atoms with Crippen molar-refractivity contribution in [3.8, 4) is 0 Å². The summed E-state index contributed by atoms with van der Waals surface area (Å²) < 4.78 is 0. The van der Waals surface area contributed by atoms with Crippen LogP contribution in [0.3, 0.4) is 0 Å². The Balaban J connectivity index is 0.000000284. The molecule has 4 aromatic carbocycles. The van der Waals surface area contributed by atoms with Gasteiger partial charge in [-0.1, -0.05) is 154 Å². The summed E-state index contributed by atoms with van der Waals surface area (Å²) in [6, 6.07) is 29.3. The van der Waals surface area contributed by atoms with Crippen molar-refractivity contribution in [3.63, 3.8) is 0 Å². The van der Waals surface area contributed by atoms with Gasteiger partial charge in [0.2, 0.25) is 0 Å². The maximum atomic E-state index is 2.32. The fraction of sp³-hybridized carbons (Fsp3) is 0.450. The van der Waals surface area contributed by atoms with Gasteiger partial charge in [0, 0.05) is 0 Å². The Morgan fingerprint density at radius 2 is 0.525 bits per heavy atom. The first-order chi connectivity index (χ1) is 19.4. The number of unbranched alkanes of at least 4 members (excludes halogenated alkanes) is 1. The first kappa shape index (κ1) is 35.2. The van der Waals surface area contributed by atoms with Crippen LogP contribution in [0.25, 0.3) is 10.8 Å².